The average molecular weight is 276 g/mol. The number of aromatic nitrogens is 4. The quantitative estimate of drug-likeness (QED) is 0.796. The molecule has 0 fully saturated rings. The summed E-state index contributed by atoms with van der Waals surface area (Å²) in [6, 6.07) is 0.305. The molecule has 1 atom stereocenters. The first-order chi connectivity index (χ1) is 9.13. The second kappa shape index (κ2) is 4.79. The largest absolute Gasteiger partial charge is 0.388 e. The molecule has 0 bridgehead atoms. The Balaban J connectivity index is 1.76. The van der Waals surface area contributed by atoms with Crippen molar-refractivity contribution in [2.24, 2.45) is 0 Å². The molecule has 3 heterocycles. The number of nitrogens with zero attached hydrogens (tertiary/aromatic N) is 4. The smallest absolute Gasteiger partial charge is 0.193 e. The van der Waals surface area contributed by atoms with Gasteiger partial charge >= 0.3 is 0 Å². The lowest BCUT2D eigenvalue weighted by atomic mass is 10.1. The first-order valence-corrected chi connectivity index (χ1v) is 7.14. The van der Waals surface area contributed by atoms with Gasteiger partial charge in [-0.1, -0.05) is 0 Å². The lowest BCUT2D eigenvalue weighted by Gasteiger charge is -2.06. The zero-order valence-electron chi connectivity index (χ0n) is 10.9. The molecule has 0 aliphatic heterocycles. The summed E-state index contributed by atoms with van der Waals surface area (Å²) in [5, 5.41) is 16.5. The highest BCUT2D eigenvalue weighted by molar-refractivity contribution is 7.15. The van der Waals surface area contributed by atoms with Crippen molar-refractivity contribution in [1.29, 1.82) is 0 Å². The summed E-state index contributed by atoms with van der Waals surface area (Å²) in [7, 11) is 0. The van der Waals surface area contributed by atoms with Crippen molar-refractivity contribution in [3.63, 3.8) is 0 Å². The molecule has 19 heavy (non-hydrogen) atoms. The average Bonchev–Trinajstić information content (AvgIpc) is 3.02. The lowest BCUT2D eigenvalue weighted by molar-refractivity contribution is 0.177. The molecule has 0 saturated heterocycles. The minimum absolute atomic E-state index is 0.305. The van der Waals surface area contributed by atoms with Gasteiger partial charge in [-0.2, -0.15) is 5.10 Å². The fraction of sp³-hybridized carbons (Fsp3) is 0.385. The van der Waals surface area contributed by atoms with Crippen LogP contribution in [0.5, 0.6) is 0 Å². The van der Waals surface area contributed by atoms with E-state index < -0.39 is 6.10 Å². The molecule has 100 valence electrons. The van der Waals surface area contributed by atoms with Gasteiger partial charge in [0.25, 0.3) is 0 Å². The number of hydrogen-bond donors (Lipinski definition) is 1. The first-order valence-electron chi connectivity index (χ1n) is 6.26. The molecule has 3 aromatic rings. The number of hydrogen-bond acceptors (Lipinski definition) is 4. The van der Waals surface area contributed by atoms with Crippen molar-refractivity contribution in [1.82, 2.24) is 19.2 Å². The second-order valence-electron chi connectivity index (χ2n) is 4.89. The van der Waals surface area contributed by atoms with Crippen LogP contribution in [0.1, 0.15) is 37.3 Å². The van der Waals surface area contributed by atoms with Gasteiger partial charge in [-0.25, -0.2) is 4.98 Å². The van der Waals surface area contributed by atoms with Crippen molar-refractivity contribution >= 4 is 16.3 Å². The van der Waals surface area contributed by atoms with Crippen molar-refractivity contribution in [2.45, 2.75) is 32.4 Å². The van der Waals surface area contributed by atoms with Gasteiger partial charge in [-0.3, -0.25) is 9.08 Å². The molecule has 0 aromatic carbocycles. The number of aliphatic hydroxyl groups is 1. The van der Waals surface area contributed by atoms with Crippen LogP contribution in [-0.4, -0.2) is 24.3 Å². The topological polar surface area (TPSA) is 55.4 Å². The number of imidazole rings is 1. The SMILES string of the molecule is CC(C)n1cc(C(O)Cc2cn3ccsc3n2)cn1. The molecule has 0 spiro atoms. The number of thiazole rings is 1. The number of rotatable bonds is 4. The maximum atomic E-state index is 10.2. The Morgan fingerprint density at radius 3 is 2.89 bits per heavy atom. The predicted molar refractivity (Wildman–Crippen MR) is 74.3 cm³/mol. The van der Waals surface area contributed by atoms with Gasteiger partial charge in [0.05, 0.1) is 18.0 Å². The molecule has 3 rings (SSSR count). The number of fused-ring (bicyclic) bond motifs is 1. The molecule has 0 aliphatic carbocycles. The standard InChI is InChI=1S/C13H16N4OS/c1-9(2)17-7-10(6-14-17)12(18)5-11-8-16-3-4-19-13(16)15-11/h3-4,6-9,12,18H,5H2,1-2H3. The van der Waals surface area contributed by atoms with Crippen LogP contribution >= 0.6 is 11.3 Å². The minimum Gasteiger partial charge on any atom is -0.388 e. The van der Waals surface area contributed by atoms with Crippen LogP contribution in [0.2, 0.25) is 0 Å². The van der Waals surface area contributed by atoms with Crippen LogP contribution in [0.25, 0.3) is 4.96 Å². The fourth-order valence-corrected chi connectivity index (χ4v) is 2.72. The third-order valence-corrected chi connectivity index (χ3v) is 3.85. The third-order valence-electron chi connectivity index (χ3n) is 3.08. The van der Waals surface area contributed by atoms with E-state index in [0.717, 1.165) is 16.2 Å². The van der Waals surface area contributed by atoms with Crippen LogP contribution in [0, 0.1) is 0 Å². The normalized spacial score (nSPS) is 13.5. The van der Waals surface area contributed by atoms with Gasteiger partial charge in [0.2, 0.25) is 0 Å². The summed E-state index contributed by atoms with van der Waals surface area (Å²) in [6.45, 7) is 4.12. The van der Waals surface area contributed by atoms with Crippen LogP contribution in [0.4, 0.5) is 0 Å². The Bertz CT molecular complexity index is 653. The first kappa shape index (κ1) is 12.4. The predicted octanol–water partition coefficient (Wildman–Crippen LogP) is 2.45. The van der Waals surface area contributed by atoms with Crippen molar-refractivity contribution < 1.29 is 5.11 Å². The highest BCUT2D eigenvalue weighted by Crippen LogP contribution is 2.20. The van der Waals surface area contributed by atoms with E-state index in [-0.39, 0.29) is 0 Å². The summed E-state index contributed by atoms with van der Waals surface area (Å²) in [6.07, 6.45) is 7.51. The zero-order chi connectivity index (χ0) is 13.4. The van der Waals surface area contributed by atoms with E-state index in [1.54, 1.807) is 17.5 Å². The zero-order valence-corrected chi connectivity index (χ0v) is 11.7. The number of aliphatic hydroxyl groups excluding tert-OH is 1. The van der Waals surface area contributed by atoms with Crippen LogP contribution in [-0.2, 0) is 6.42 Å². The summed E-state index contributed by atoms with van der Waals surface area (Å²) in [5.74, 6) is 0. The Morgan fingerprint density at radius 1 is 1.37 bits per heavy atom. The van der Waals surface area contributed by atoms with E-state index in [0.29, 0.717) is 12.5 Å². The summed E-state index contributed by atoms with van der Waals surface area (Å²) >= 11 is 1.59. The summed E-state index contributed by atoms with van der Waals surface area (Å²) in [4.78, 5) is 5.43. The van der Waals surface area contributed by atoms with Crippen LogP contribution < -0.4 is 0 Å². The summed E-state index contributed by atoms with van der Waals surface area (Å²) < 4.78 is 3.83. The monoisotopic (exact) mass is 276 g/mol. The Kier molecular flexibility index (Phi) is 3.12. The summed E-state index contributed by atoms with van der Waals surface area (Å²) in [5.41, 5.74) is 1.74. The van der Waals surface area contributed by atoms with Gasteiger partial charge in [0.15, 0.2) is 4.96 Å². The van der Waals surface area contributed by atoms with E-state index in [1.165, 1.54) is 0 Å². The van der Waals surface area contributed by atoms with Crippen LogP contribution in [0.3, 0.4) is 0 Å². The molecular formula is C13H16N4OS. The molecule has 6 heteroatoms. The molecule has 1 unspecified atom stereocenters. The molecule has 3 aromatic heterocycles. The van der Waals surface area contributed by atoms with E-state index in [9.17, 15) is 5.11 Å². The highest BCUT2D eigenvalue weighted by atomic mass is 32.1. The second-order valence-corrected chi connectivity index (χ2v) is 5.77. The fourth-order valence-electron chi connectivity index (χ4n) is 2.00. The molecule has 0 amide bonds. The van der Waals surface area contributed by atoms with Crippen LogP contribution in [0.15, 0.2) is 30.2 Å². The Hall–Kier alpha value is -1.66. The molecule has 1 N–H and O–H groups in total. The minimum atomic E-state index is -0.558. The van der Waals surface area contributed by atoms with Crippen molar-refractivity contribution in [3.8, 4) is 0 Å². The van der Waals surface area contributed by atoms with E-state index >= 15 is 0 Å². The highest BCUT2D eigenvalue weighted by Gasteiger charge is 2.14. The molecule has 0 radical (unpaired) electrons. The van der Waals surface area contributed by atoms with Gasteiger partial charge < -0.3 is 5.11 Å². The molecule has 0 saturated carbocycles. The van der Waals surface area contributed by atoms with E-state index in [4.69, 9.17) is 0 Å². The van der Waals surface area contributed by atoms with Crippen molar-refractivity contribution in [3.05, 3.63) is 41.4 Å². The van der Waals surface area contributed by atoms with E-state index in [2.05, 4.69) is 23.9 Å². The van der Waals surface area contributed by atoms with Gasteiger partial charge in [0.1, 0.15) is 0 Å². The van der Waals surface area contributed by atoms with Gasteiger partial charge in [-0.15, -0.1) is 11.3 Å². The Morgan fingerprint density at radius 2 is 2.21 bits per heavy atom. The van der Waals surface area contributed by atoms with Gasteiger partial charge in [0, 0.05) is 42.0 Å². The lowest BCUT2D eigenvalue weighted by Crippen LogP contribution is -2.02. The maximum Gasteiger partial charge on any atom is 0.193 e. The van der Waals surface area contributed by atoms with E-state index in [1.807, 2.05) is 33.1 Å². The molecule has 0 aliphatic rings. The van der Waals surface area contributed by atoms with Gasteiger partial charge in [-0.05, 0) is 13.8 Å². The third kappa shape index (κ3) is 2.41. The molecular weight excluding hydrogens is 260 g/mol. The maximum absolute atomic E-state index is 10.2. The Labute approximate surface area is 115 Å². The molecule has 5 nitrogen and oxygen atoms in total. The van der Waals surface area contributed by atoms with Crippen molar-refractivity contribution in [2.75, 3.05) is 0 Å².